The lowest BCUT2D eigenvalue weighted by atomic mass is 9.77. The number of hydrogen-bond donors (Lipinski definition) is 0. The minimum atomic E-state index is -0.0430. The lowest BCUT2D eigenvalue weighted by molar-refractivity contribution is 0.569. The van der Waals surface area contributed by atoms with Gasteiger partial charge >= 0.3 is 0 Å². The summed E-state index contributed by atoms with van der Waals surface area (Å²) < 4.78 is 0. The van der Waals surface area contributed by atoms with E-state index in [9.17, 15) is 0 Å². The van der Waals surface area contributed by atoms with E-state index in [0.29, 0.717) is 17.5 Å². The van der Waals surface area contributed by atoms with E-state index in [2.05, 4.69) is 262 Å². The highest BCUT2D eigenvalue weighted by molar-refractivity contribution is 6.22. The third-order valence-electron chi connectivity index (χ3n) is 14.1. The van der Waals surface area contributed by atoms with E-state index < -0.39 is 0 Å². The molecule has 9 aromatic rings. The predicted octanol–water partition coefficient (Wildman–Crippen LogP) is 18.7. The lowest BCUT2D eigenvalue weighted by Gasteiger charge is -2.28. The standard InChI is InChI=1S/C67H71N3/c1-63(2,3)47-32-28-44(29-33-47)61-68-60(69-62(70-61)45-30-34-48(35-31-45)64(4,5)6)43-26-24-42(25-27-43)52-20-16-17-21-53(52)59-55-23-19-18-22-54(55)58(56-37-36-49(41-57(56)59)65(7,8)9)46-38-50(66(10,11)12)40-51(39-46)67(13,14)15/h16-41H,1-15H3. The zero-order valence-corrected chi connectivity index (χ0v) is 44.4. The average Bonchev–Trinajstić information content (AvgIpc) is 3.31. The summed E-state index contributed by atoms with van der Waals surface area (Å²) in [6.07, 6.45) is 0. The largest absolute Gasteiger partial charge is 0.208 e. The van der Waals surface area contributed by atoms with Crippen molar-refractivity contribution in [2.45, 2.75) is 131 Å². The smallest absolute Gasteiger partial charge is 0.164 e. The summed E-state index contributed by atoms with van der Waals surface area (Å²) in [7, 11) is 0. The maximum absolute atomic E-state index is 5.16. The van der Waals surface area contributed by atoms with E-state index in [-0.39, 0.29) is 27.1 Å². The van der Waals surface area contributed by atoms with Gasteiger partial charge in [0.2, 0.25) is 0 Å². The van der Waals surface area contributed by atoms with Crippen LogP contribution < -0.4 is 0 Å². The molecule has 0 unspecified atom stereocenters. The topological polar surface area (TPSA) is 38.7 Å². The van der Waals surface area contributed by atoms with Gasteiger partial charge in [0.25, 0.3) is 0 Å². The molecule has 0 bridgehead atoms. The van der Waals surface area contributed by atoms with Crippen molar-refractivity contribution in [3.63, 3.8) is 0 Å². The van der Waals surface area contributed by atoms with Crippen LogP contribution in [0.2, 0.25) is 0 Å². The molecule has 0 atom stereocenters. The fraction of sp³-hybridized carbons (Fsp3) is 0.299. The van der Waals surface area contributed by atoms with Gasteiger partial charge in [-0.3, -0.25) is 0 Å². The first-order valence-corrected chi connectivity index (χ1v) is 25.2. The SMILES string of the molecule is CC(C)(C)c1ccc(-c2nc(-c3ccc(-c4ccccc4-c4c5ccccc5c(-c5cc(C(C)(C)C)cc(C(C)(C)C)c5)c5ccc(C(C)(C)C)cc45)cc3)nc(-c3ccc(C(C)(C)C)cc3)n2)cc1. The molecule has 0 aliphatic carbocycles. The summed E-state index contributed by atoms with van der Waals surface area (Å²) in [6.45, 7) is 34.4. The van der Waals surface area contributed by atoms with Crippen LogP contribution in [-0.2, 0) is 27.1 Å². The van der Waals surface area contributed by atoms with Crippen molar-refractivity contribution in [1.29, 1.82) is 0 Å². The van der Waals surface area contributed by atoms with E-state index in [4.69, 9.17) is 15.0 Å². The quantitative estimate of drug-likeness (QED) is 0.156. The third kappa shape index (κ3) is 9.61. The Morgan fingerprint density at radius 3 is 1.01 bits per heavy atom. The van der Waals surface area contributed by atoms with Gasteiger partial charge in [0.05, 0.1) is 0 Å². The van der Waals surface area contributed by atoms with Crippen molar-refractivity contribution in [2.24, 2.45) is 0 Å². The summed E-state index contributed by atoms with van der Waals surface area (Å²) in [6, 6.07) is 58.7. The molecule has 9 rings (SSSR count). The van der Waals surface area contributed by atoms with Crippen LogP contribution in [0.1, 0.15) is 132 Å². The van der Waals surface area contributed by atoms with Gasteiger partial charge in [-0.1, -0.05) is 256 Å². The van der Waals surface area contributed by atoms with Crippen LogP contribution in [0.4, 0.5) is 0 Å². The van der Waals surface area contributed by atoms with Gasteiger partial charge in [-0.15, -0.1) is 0 Å². The van der Waals surface area contributed by atoms with Gasteiger partial charge in [-0.2, -0.15) is 0 Å². The molecule has 8 aromatic carbocycles. The number of rotatable bonds is 6. The molecule has 0 aliphatic rings. The van der Waals surface area contributed by atoms with Gasteiger partial charge in [0.1, 0.15) is 0 Å². The van der Waals surface area contributed by atoms with E-state index in [1.165, 1.54) is 77.2 Å². The van der Waals surface area contributed by atoms with E-state index in [1.807, 2.05) is 0 Å². The summed E-state index contributed by atoms with van der Waals surface area (Å²) >= 11 is 0. The minimum absolute atomic E-state index is 0.0136. The van der Waals surface area contributed by atoms with Crippen LogP contribution in [0, 0.1) is 0 Å². The zero-order chi connectivity index (χ0) is 50.1. The molecule has 0 saturated heterocycles. The Morgan fingerprint density at radius 2 is 0.586 bits per heavy atom. The molecule has 70 heavy (non-hydrogen) atoms. The van der Waals surface area contributed by atoms with Crippen LogP contribution >= 0.6 is 0 Å². The zero-order valence-electron chi connectivity index (χ0n) is 44.4. The van der Waals surface area contributed by atoms with Crippen molar-refractivity contribution in [3.8, 4) is 67.5 Å². The maximum atomic E-state index is 5.16. The van der Waals surface area contributed by atoms with Crippen LogP contribution in [-0.4, -0.2) is 15.0 Å². The second kappa shape index (κ2) is 17.6. The summed E-state index contributed by atoms with van der Waals surface area (Å²) in [5.41, 5.74) is 16.8. The number of nitrogens with zero attached hydrogens (tertiary/aromatic N) is 3. The van der Waals surface area contributed by atoms with Crippen molar-refractivity contribution in [3.05, 3.63) is 186 Å². The Kier molecular flexibility index (Phi) is 12.2. The fourth-order valence-electron chi connectivity index (χ4n) is 9.64. The molecular weight excluding hydrogens is 847 g/mol. The molecule has 0 amide bonds. The normalized spacial score (nSPS) is 12.8. The van der Waals surface area contributed by atoms with Crippen LogP contribution in [0.15, 0.2) is 158 Å². The van der Waals surface area contributed by atoms with Gasteiger partial charge in [0, 0.05) is 16.7 Å². The Bertz CT molecular complexity index is 3280. The molecule has 0 radical (unpaired) electrons. The highest BCUT2D eigenvalue weighted by Crippen LogP contribution is 2.48. The summed E-state index contributed by atoms with van der Waals surface area (Å²) in [5, 5.41) is 5.03. The van der Waals surface area contributed by atoms with Gasteiger partial charge in [-0.05, 0) is 116 Å². The van der Waals surface area contributed by atoms with Crippen LogP contribution in [0.5, 0.6) is 0 Å². The maximum Gasteiger partial charge on any atom is 0.164 e. The predicted molar refractivity (Wildman–Crippen MR) is 301 cm³/mol. The monoisotopic (exact) mass is 918 g/mol. The number of benzene rings is 8. The van der Waals surface area contributed by atoms with E-state index >= 15 is 0 Å². The Labute approximate surface area is 418 Å². The molecule has 0 aliphatic heterocycles. The first-order valence-electron chi connectivity index (χ1n) is 25.2. The number of hydrogen-bond acceptors (Lipinski definition) is 3. The fourth-order valence-corrected chi connectivity index (χ4v) is 9.64. The molecule has 0 spiro atoms. The summed E-state index contributed by atoms with van der Waals surface area (Å²) in [5.74, 6) is 1.96. The third-order valence-corrected chi connectivity index (χ3v) is 14.1. The van der Waals surface area contributed by atoms with Crippen LogP contribution in [0.25, 0.3) is 89.1 Å². The second-order valence-electron chi connectivity index (χ2n) is 24.7. The molecule has 3 heteroatoms. The second-order valence-corrected chi connectivity index (χ2v) is 24.7. The Balaban J connectivity index is 1.22. The van der Waals surface area contributed by atoms with Gasteiger partial charge in [-0.25, -0.2) is 15.0 Å². The highest BCUT2D eigenvalue weighted by atomic mass is 15.0. The van der Waals surface area contributed by atoms with Crippen molar-refractivity contribution in [2.75, 3.05) is 0 Å². The molecule has 0 saturated carbocycles. The molecule has 1 heterocycles. The molecule has 3 nitrogen and oxygen atoms in total. The molecule has 354 valence electrons. The molecule has 1 aromatic heterocycles. The number of fused-ring (bicyclic) bond motifs is 2. The first-order chi connectivity index (χ1) is 32.8. The number of aromatic nitrogens is 3. The highest BCUT2D eigenvalue weighted by Gasteiger charge is 2.26. The van der Waals surface area contributed by atoms with Gasteiger partial charge < -0.3 is 0 Å². The molecule has 0 N–H and O–H groups in total. The van der Waals surface area contributed by atoms with E-state index in [0.717, 1.165) is 22.3 Å². The van der Waals surface area contributed by atoms with Crippen LogP contribution in [0.3, 0.4) is 0 Å². The summed E-state index contributed by atoms with van der Waals surface area (Å²) in [4.78, 5) is 15.4. The Morgan fingerprint density at radius 1 is 0.243 bits per heavy atom. The van der Waals surface area contributed by atoms with Crippen molar-refractivity contribution in [1.82, 2.24) is 15.0 Å². The van der Waals surface area contributed by atoms with Crippen molar-refractivity contribution >= 4 is 21.5 Å². The molecule has 0 fully saturated rings. The van der Waals surface area contributed by atoms with Gasteiger partial charge in [0.15, 0.2) is 17.5 Å². The minimum Gasteiger partial charge on any atom is -0.208 e. The lowest BCUT2D eigenvalue weighted by Crippen LogP contribution is -2.16. The average molecular weight is 918 g/mol. The van der Waals surface area contributed by atoms with E-state index in [1.54, 1.807) is 0 Å². The Hall–Kier alpha value is -6.71. The van der Waals surface area contributed by atoms with Crippen molar-refractivity contribution < 1.29 is 0 Å². The molecular formula is C67H71N3. The first kappa shape index (κ1) is 48.3.